The van der Waals surface area contributed by atoms with Crippen molar-refractivity contribution in [1.29, 1.82) is 0 Å². The molecule has 3 heteroatoms. The van der Waals surface area contributed by atoms with E-state index in [1.54, 1.807) is 12.2 Å². The first-order chi connectivity index (χ1) is 5.77. The van der Waals surface area contributed by atoms with E-state index in [-0.39, 0.29) is 5.97 Å². The van der Waals surface area contributed by atoms with Crippen molar-refractivity contribution in [3.8, 4) is 0 Å². The lowest BCUT2D eigenvalue weighted by atomic mass is 10.0. The van der Waals surface area contributed by atoms with E-state index in [0.717, 1.165) is 5.57 Å². The number of hydrogen-bond donors (Lipinski definition) is 1. The van der Waals surface area contributed by atoms with Gasteiger partial charge in [-0.15, -0.1) is 0 Å². The van der Waals surface area contributed by atoms with Gasteiger partial charge in [0.2, 0.25) is 0 Å². The van der Waals surface area contributed by atoms with Crippen LogP contribution in [0, 0.1) is 0 Å². The van der Waals surface area contributed by atoms with Crippen molar-refractivity contribution in [1.82, 2.24) is 0 Å². The first-order valence-electron chi connectivity index (χ1n) is 3.65. The standard InChI is InChI=1S/C9H11NO2/c1-12-9(11)8-4-2-7(6-10)3-5-8/h2,4-6H,3,10H2,1H3. The molecule has 0 aromatic heterocycles. The number of ether oxygens (including phenoxy) is 1. The Bertz CT molecular complexity index is 274. The van der Waals surface area contributed by atoms with E-state index in [9.17, 15) is 4.79 Å². The monoisotopic (exact) mass is 165 g/mol. The zero-order chi connectivity index (χ0) is 8.97. The molecule has 0 radical (unpaired) electrons. The summed E-state index contributed by atoms with van der Waals surface area (Å²) in [6.07, 6.45) is 7.53. The molecule has 64 valence electrons. The predicted octanol–water partition coefficient (Wildman–Crippen LogP) is 0.888. The van der Waals surface area contributed by atoms with Gasteiger partial charge in [0.1, 0.15) is 0 Å². The normalized spacial score (nSPS) is 19.1. The van der Waals surface area contributed by atoms with Crippen molar-refractivity contribution < 1.29 is 9.53 Å². The maximum Gasteiger partial charge on any atom is 0.337 e. The summed E-state index contributed by atoms with van der Waals surface area (Å²) in [5, 5.41) is 0. The van der Waals surface area contributed by atoms with Crippen molar-refractivity contribution in [2.45, 2.75) is 6.42 Å². The minimum Gasteiger partial charge on any atom is -0.465 e. The van der Waals surface area contributed by atoms with Gasteiger partial charge in [0.25, 0.3) is 0 Å². The minimum atomic E-state index is -0.303. The van der Waals surface area contributed by atoms with Crippen LogP contribution in [0.1, 0.15) is 6.42 Å². The molecule has 12 heavy (non-hydrogen) atoms. The van der Waals surface area contributed by atoms with Gasteiger partial charge in [0.05, 0.1) is 12.7 Å². The zero-order valence-corrected chi connectivity index (χ0v) is 6.91. The maximum atomic E-state index is 11.0. The molecular formula is C9H11NO2. The fourth-order valence-corrected chi connectivity index (χ4v) is 0.954. The Balaban J connectivity index is 2.70. The summed E-state index contributed by atoms with van der Waals surface area (Å²) in [5.41, 5.74) is 6.89. The van der Waals surface area contributed by atoms with Crippen molar-refractivity contribution >= 4 is 5.97 Å². The lowest BCUT2D eigenvalue weighted by Crippen LogP contribution is -2.05. The second-order valence-electron chi connectivity index (χ2n) is 2.43. The SMILES string of the molecule is COC(=O)C1=CCC(=CN)C=C1. The molecular weight excluding hydrogens is 154 g/mol. The van der Waals surface area contributed by atoms with Gasteiger partial charge in [-0.25, -0.2) is 4.79 Å². The number of methoxy groups -OCH3 is 1. The number of esters is 1. The molecule has 0 saturated heterocycles. The third-order valence-electron chi connectivity index (χ3n) is 1.67. The van der Waals surface area contributed by atoms with Gasteiger partial charge in [0, 0.05) is 0 Å². The van der Waals surface area contributed by atoms with Crippen LogP contribution < -0.4 is 5.73 Å². The molecule has 1 aliphatic carbocycles. The molecule has 2 N–H and O–H groups in total. The minimum absolute atomic E-state index is 0.303. The van der Waals surface area contributed by atoms with E-state index >= 15 is 0 Å². The summed E-state index contributed by atoms with van der Waals surface area (Å²) in [7, 11) is 1.37. The van der Waals surface area contributed by atoms with E-state index in [1.807, 2.05) is 6.08 Å². The molecule has 1 rings (SSSR count). The van der Waals surface area contributed by atoms with Crippen molar-refractivity contribution in [3.05, 3.63) is 35.6 Å². The van der Waals surface area contributed by atoms with Crippen molar-refractivity contribution in [2.24, 2.45) is 5.73 Å². The molecule has 0 aliphatic heterocycles. The van der Waals surface area contributed by atoms with Gasteiger partial charge in [-0.05, 0) is 24.3 Å². The van der Waals surface area contributed by atoms with E-state index in [2.05, 4.69) is 4.74 Å². The van der Waals surface area contributed by atoms with Gasteiger partial charge in [-0.3, -0.25) is 0 Å². The molecule has 0 aromatic rings. The molecule has 0 heterocycles. The molecule has 0 saturated carbocycles. The van der Waals surface area contributed by atoms with E-state index < -0.39 is 0 Å². The number of carbonyl (C=O) groups is 1. The highest BCUT2D eigenvalue weighted by molar-refractivity contribution is 5.92. The number of carbonyl (C=O) groups excluding carboxylic acids is 1. The zero-order valence-electron chi connectivity index (χ0n) is 6.91. The summed E-state index contributed by atoms with van der Waals surface area (Å²) in [6, 6.07) is 0. The van der Waals surface area contributed by atoms with Crippen LogP contribution in [0.2, 0.25) is 0 Å². The summed E-state index contributed by atoms with van der Waals surface area (Å²) in [4.78, 5) is 11.0. The lowest BCUT2D eigenvalue weighted by molar-refractivity contribution is -0.135. The number of hydrogen-bond acceptors (Lipinski definition) is 3. The van der Waals surface area contributed by atoms with Gasteiger partial charge >= 0.3 is 5.97 Å². The van der Waals surface area contributed by atoms with Crippen molar-refractivity contribution in [3.63, 3.8) is 0 Å². The van der Waals surface area contributed by atoms with Crippen LogP contribution in [0.25, 0.3) is 0 Å². The van der Waals surface area contributed by atoms with Crippen LogP contribution >= 0.6 is 0 Å². The quantitative estimate of drug-likeness (QED) is 0.587. The summed E-state index contributed by atoms with van der Waals surface area (Å²) in [6.45, 7) is 0. The van der Waals surface area contributed by atoms with Gasteiger partial charge in [-0.1, -0.05) is 12.2 Å². The van der Waals surface area contributed by atoms with E-state index in [1.165, 1.54) is 13.3 Å². The third-order valence-corrected chi connectivity index (χ3v) is 1.67. The first-order valence-corrected chi connectivity index (χ1v) is 3.65. The third kappa shape index (κ3) is 1.75. The van der Waals surface area contributed by atoms with Crippen LogP contribution in [-0.2, 0) is 9.53 Å². The van der Waals surface area contributed by atoms with Gasteiger partial charge in [0.15, 0.2) is 0 Å². The molecule has 0 spiro atoms. The molecule has 0 unspecified atom stereocenters. The number of allylic oxidation sites excluding steroid dienone is 3. The predicted molar refractivity (Wildman–Crippen MR) is 46.1 cm³/mol. The lowest BCUT2D eigenvalue weighted by Gasteiger charge is -2.06. The topological polar surface area (TPSA) is 52.3 Å². The largest absolute Gasteiger partial charge is 0.465 e. The Kier molecular flexibility index (Phi) is 2.69. The van der Waals surface area contributed by atoms with Crippen LogP contribution in [0.4, 0.5) is 0 Å². The van der Waals surface area contributed by atoms with Crippen LogP contribution in [-0.4, -0.2) is 13.1 Å². The van der Waals surface area contributed by atoms with Crippen LogP contribution in [0.5, 0.6) is 0 Å². The molecule has 3 nitrogen and oxygen atoms in total. The smallest absolute Gasteiger partial charge is 0.337 e. The first kappa shape index (κ1) is 8.59. The van der Waals surface area contributed by atoms with E-state index in [0.29, 0.717) is 12.0 Å². The second kappa shape index (κ2) is 3.76. The fraction of sp³-hybridized carbons (Fsp3) is 0.222. The van der Waals surface area contributed by atoms with Crippen molar-refractivity contribution in [2.75, 3.05) is 7.11 Å². The second-order valence-corrected chi connectivity index (χ2v) is 2.43. The highest BCUT2D eigenvalue weighted by atomic mass is 16.5. The average Bonchev–Trinajstić information content (AvgIpc) is 2.17. The molecule has 0 atom stereocenters. The Morgan fingerprint density at radius 2 is 2.42 bits per heavy atom. The van der Waals surface area contributed by atoms with Gasteiger partial charge < -0.3 is 10.5 Å². The number of nitrogens with two attached hydrogens (primary N) is 1. The molecule has 0 aromatic carbocycles. The van der Waals surface area contributed by atoms with E-state index in [4.69, 9.17) is 5.73 Å². The Hall–Kier alpha value is -1.51. The molecule has 0 amide bonds. The van der Waals surface area contributed by atoms with Crippen LogP contribution in [0.15, 0.2) is 35.6 Å². The van der Waals surface area contributed by atoms with Crippen LogP contribution in [0.3, 0.4) is 0 Å². The summed E-state index contributed by atoms with van der Waals surface area (Å²) < 4.78 is 4.55. The Morgan fingerprint density at radius 1 is 1.67 bits per heavy atom. The maximum absolute atomic E-state index is 11.0. The molecule has 1 aliphatic rings. The Morgan fingerprint density at radius 3 is 2.83 bits per heavy atom. The fourth-order valence-electron chi connectivity index (χ4n) is 0.954. The Labute approximate surface area is 71.2 Å². The van der Waals surface area contributed by atoms with Gasteiger partial charge in [-0.2, -0.15) is 0 Å². The summed E-state index contributed by atoms with van der Waals surface area (Å²) >= 11 is 0. The molecule has 0 bridgehead atoms. The molecule has 0 fully saturated rings. The highest BCUT2D eigenvalue weighted by Gasteiger charge is 2.08. The summed E-state index contributed by atoms with van der Waals surface area (Å²) in [5.74, 6) is -0.303. The average molecular weight is 165 g/mol. The number of rotatable bonds is 1. The highest BCUT2D eigenvalue weighted by Crippen LogP contribution is 2.14.